The zero-order chi connectivity index (χ0) is 17.7. The number of amides is 2. The lowest BCUT2D eigenvalue weighted by Gasteiger charge is -2.16. The highest BCUT2D eigenvalue weighted by Gasteiger charge is 2.11. The summed E-state index contributed by atoms with van der Waals surface area (Å²) in [7, 11) is 0. The molecule has 0 aromatic heterocycles. The lowest BCUT2D eigenvalue weighted by molar-refractivity contribution is -0.127. The second kappa shape index (κ2) is 13.4. The summed E-state index contributed by atoms with van der Waals surface area (Å²) in [6.45, 7) is 1.22. The first-order chi connectivity index (χ1) is 12.2. The molecule has 6 nitrogen and oxygen atoms in total. The van der Waals surface area contributed by atoms with E-state index in [9.17, 15) is 9.59 Å². The van der Waals surface area contributed by atoms with E-state index in [2.05, 4.69) is 16.0 Å². The summed E-state index contributed by atoms with van der Waals surface area (Å²) in [5.74, 6) is 0.137. The van der Waals surface area contributed by atoms with Crippen LogP contribution in [-0.4, -0.2) is 44.1 Å². The molecule has 0 bridgehead atoms. The van der Waals surface area contributed by atoms with Crippen molar-refractivity contribution < 1.29 is 14.3 Å². The average Bonchev–Trinajstić information content (AvgIpc) is 2.91. The van der Waals surface area contributed by atoms with E-state index in [1.165, 1.54) is 38.5 Å². The molecule has 1 aromatic rings. The van der Waals surface area contributed by atoms with Gasteiger partial charge in [-0.2, -0.15) is 0 Å². The van der Waals surface area contributed by atoms with Crippen molar-refractivity contribution in [1.29, 1.82) is 0 Å². The van der Waals surface area contributed by atoms with Crippen LogP contribution < -0.4 is 20.7 Å². The third-order valence-electron chi connectivity index (χ3n) is 4.29. The lowest BCUT2D eigenvalue weighted by Crippen LogP contribution is -2.42. The van der Waals surface area contributed by atoms with Crippen molar-refractivity contribution in [2.45, 2.75) is 44.6 Å². The van der Waals surface area contributed by atoms with Crippen molar-refractivity contribution in [3.63, 3.8) is 0 Å². The first kappa shape index (κ1) is 22.3. The molecule has 0 atom stereocenters. The second-order valence-electron chi connectivity index (χ2n) is 6.37. The fraction of sp³-hybridized carbons (Fsp3) is 0.579. The summed E-state index contributed by atoms with van der Waals surface area (Å²) in [6.07, 6.45) is 7.71. The Morgan fingerprint density at radius 1 is 0.923 bits per heavy atom. The quantitative estimate of drug-likeness (QED) is 0.450. The maximum atomic E-state index is 11.7. The van der Waals surface area contributed by atoms with E-state index in [1.54, 1.807) is 12.1 Å². The van der Waals surface area contributed by atoms with E-state index >= 15 is 0 Å². The summed E-state index contributed by atoms with van der Waals surface area (Å²) in [6, 6.07) is 9.69. The highest BCUT2D eigenvalue weighted by Crippen LogP contribution is 2.16. The number of benzene rings is 1. The number of nitrogens with one attached hydrogen (secondary N) is 3. The Balaban J connectivity index is 0.00000338. The van der Waals surface area contributed by atoms with Gasteiger partial charge in [-0.05, 0) is 25.0 Å². The summed E-state index contributed by atoms with van der Waals surface area (Å²) in [5.41, 5.74) is 0. The predicted octanol–water partition coefficient (Wildman–Crippen LogP) is 2.03. The standard InChI is InChI=1S/C19H29N3O3.ClH/c23-18(21-13-12-20-16-8-4-1-2-5-9-16)14-22-19(24)15-25-17-10-6-3-7-11-17;/h3,6-7,10-11,16,20H,1-2,4-5,8-9,12-15H2,(H,21,23)(H,22,24);1H. The maximum Gasteiger partial charge on any atom is 0.258 e. The Hall–Kier alpha value is -1.79. The maximum absolute atomic E-state index is 11.7. The number of carbonyl (C=O) groups excluding carboxylic acids is 2. The molecule has 1 aliphatic carbocycles. The van der Waals surface area contributed by atoms with Gasteiger partial charge in [0.1, 0.15) is 5.75 Å². The molecular formula is C19H30ClN3O3. The molecule has 0 saturated heterocycles. The van der Waals surface area contributed by atoms with Gasteiger partial charge in [-0.3, -0.25) is 9.59 Å². The van der Waals surface area contributed by atoms with Crippen LogP contribution in [0.1, 0.15) is 38.5 Å². The van der Waals surface area contributed by atoms with Crippen LogP contribution >= 0.6 is 12.4 Å². The van der Waals surface area contributed by atoms with Crippen molar-refractivity contribution in [1.82, 2.24) is 16.0 Å². The highest BCUT2D eigenvalue weighted by molar-refractivity contribution is 5.85. The van der Waals surface area contributed by atoms with E-state index in [0.29, 0.717) is 18.3 Å². The summed E-state index contributed by atoms with van der Waals surface area (Å²) in [4.78, 5) is 23.4. The molecule has 0 unspecified atom stereocenters. The van der Waals surface area contributed by atoms with E-state index < -0.39 is 0 Å². The molecule has 1 fully saturated rings. The molecule has 3 N–H and O–H groups in total. The molecule has 26 heavy (non-hydrogen) atoms. The first-order valence-corrected chi connectivity index (χ1v) is 9.18. The van der Waals surface area contributed by atoms with Crippen molar-refractivity contribution in [3.05, 3.63) is 30.3 Å². The van der Waals surface area contributed by atoms with Gasteiger partial charge in [0, 0.05) is 19.1 Å². The SMILES string of the molecule is Cl.O=C(CNC(=O)COc1ccccc1)NCCNC1CCCCCC1. The zero-order valence-electron chi connectivity index (χ0n) is 15.2. The number of ether oxygens (including phenoxy) is 1. The normalized spacial score (nSPS) is 14.6. The van der Waals surface area contributed by atoms with Crippen molar-refractivity contribution in [3.8, 4) is 5.75 Å². The van der Waals surface area contributed by atoms with Crippen LogP contribution in [0.25, 0.3) is 0 Å². The summed E-state index contributed by atoms with van der Waals surface area (Å²) >= 11 is 0. The van der Waals surface area contributed by atoms with Crippen LogP contribution in [-0.2, 0) is 9.59 Å². The number of halogens is 1. The fourth-order valence-electron chi connectivity index (χ4n) is 2.92. The van der Waals surface area contributed by atoms with Crippen LogP contribution in [0.3, 0.4) is 0 Å². The van der Waals surface area contributed by atoms with Crippen LogP contribution in [0, 0.1) is 0 Å². The molecule has 0 aliphatic heterocycles. The Morgan fingerprint density at radius 2 is 1.62 bits per heavy atom. The van der Waals surface area contributed by atoms with Crippen LogP contribution in [0.2, 0.25) is 0 Å². The highest BCUT2D eigenvalue weighted by atomic mass is 35.5. The molecule has 2 amide bonds. The number of carbonyl (C=O) groups is 2. The molecule has 0 spiro atoms. The van der Waals surface area contributed by atoms with E-state index in [-0.39, 0.29) is 37.4 Å². The average molecular weight is 384 g/mol. The minimum atomic E-state index is -0.310. The van der Waals surface area contributed by atoms with Gasteiger partial charge in [0.25, 0.3) is 5.91 Å². The lowest BCUT2D eigenvalue weighted by atomic mass is 10.1. The van der Waals surface area contributed by atoms with E-state index in [4.69, 9.17) is 4.74 Å². The van der Waals surface area contributed by atoms with Crippen LogP contribution in [0.5, 0.6) is 5.75 Å². The second-order valence-corrected chi connectivity index (χ2v) is 6.37. The minimum absolute atomic E-state index is 0. The zero-order valence-corrected chi connectivity index (χ0v) is 16.0. The number of hydrogen-bond acceptors (Lipinski definition) is 4. The van der Waals surface area contributed by atoms with Gasteiger partial charge in [-0.25, -0.2) is 0 Å². The molecule has 1 saturated carbocycles. The molecule has 7 heteroatoms. The minimum Gasteiger partial charge on any atom is -0.484 e. The summed E-state index contributed by atoms with van der Waals surface area (Å²) < 4.78 is 5.32. The smallest absolute Gasteiger partial charge is 0.258 e. The molecule has 2 rings (SSSR count). The first-order valence-electron chi connectivity index (χ1n) is 9.18. The van der Waals surface area contributed by atoms with Gasteiger partial charge < -0.3 is 20.7 Å². The third kappa shape index (κ3) is 9.63. The Bertz CT molecular complexity index is 520. The molecule has 0 heterocycles. The van der Waals surface area contributed by atoms with Gasteiger partial charge >= 0.3 is 0 Å². The Labute approximate surface area is 161 Å². The van der Waals surface area contributed by atoms with Crippen LogP contribution in [0.15, 0.2) is 30.3 Å². The van der Waals surface area contributed by atoms with Gasteiger partial charge in [-0.15, -0.1) is 12.4 Å². The van der Waals surface area contributed by atoms with E-state index in [0.717, 1.165) is 6.54 Å². The number of hydrogen-bond donors (Lipinski definition) is 3. The summed E-state index contributed by atoms with van der Waals surface area (Å²) in [5, 5.41) is 8.86. The molecule has 0 radical (unpaired) electrons. The van der Waals surface area contributed by atoms with Crippen molar-refractivity contribution >= 4 is 24.2 Å². The largest absolute Gasteiger partial charge is 0.484 e. The molecule has 1 aliphatic rings. The number of rotatable bonds is 9. The predicted molar refractivity (Wildman–Crippen MR) is 105 cm³/mol. The molecule has 1 aromatic carbocycles. The van der Waals surface area contributed by atoms with Gasteiger partial charge in [0.2, 0.25) is 5.91 Å². The molecular weight excluding hydrogens is 354 g/mol. The Kier molecular flexibility index (Phi) is 11.5. The van der Waals surface area contributed by atoms with Gasteiger partial charge in [0.05, 0.1) is 6.54 Å². The third-order valence-corrected chi connectivity index (χ3v) is 4.29. The topological polar surface area (TPSA) is 79.5 Å². The Morgan fingerprint density at radius 3 is 2.31 bits per heavy atom. The molecule has 146 valence electrons. The van der Waals surface area contributed by atoms with Crippen molar-refractivity contribution in [2.75, 3.05) is 26.2 Å². The fourth-order valence-corrected chi connectivity index (χ4v) is 2.92. The number of para-hydroxylation sites is 1. The van der Waals surface area contributed by atoms with E-state index in [1.807, 2.05) is 18.2 Å². The monoisotopic (exact) mass is 383 g/mol. The van der Waals surface area contributed by atoms with Gasteiger partial charge in [0.15, 0.2) is 6.61 Å². The van der Waals surface area contributed by atoms with Crippen LogP contribution in [0.4, 0.5) is 0 Å². The van der Waals surface area contributed by atoms with Crippen molar-refractivity contribution in [2.24, 2.45) is 0 Å². The van der Waals surface area contributed by atoms with Gasteiger partial charge in [-0.1, -0.05) is 43.9 Å².